The number of hydrogen-bond donors (Lipinski definition) is 3. The van der Waals surface area contributed by atoms with Crippen molar-refractivity contribution in [1.82, 2.24) is 18.7 Å². The molecular weight excluding hydrogens is 424 g/mol. The molecule has 0 aliphatic rings. The minimum absolute atomic E-state index is 0.0124. The van der Waals surface area contributed by atoms with E-state index in [0.717, 1.165) is 4.57 Å². The number of hydrazone groups is 1. The average molecular weight is 446 g/mol. The van der Waals surface area contributed by atoms with Gasteiger partial charge in [-0.05, 0) is 12.1 Å². The van der Waals surface area contributed by atoms with Gasteiger partial charge in [0.25, 0.3) is 5.56 Å². The minimum atomic E-state index is -1.24. The molecule has 3 aromatic rings. The molecule has 13 heteroatoms. The van der Waals surface area contributed by atoms with Crippen LogP contribution in [-0.4, -0.2) is 61.9 Å². The number of aromatic carboxylic acids is 1. The van der Waals surface area contributed by atoms with Crippen LogP contribution in [0.2, 0.25) is 0 Å². The molecule has 0 saturated heterocycles. The number of carbonyl (C=O) groups is 1. The Bertz CT molecular complexity index is 1330. The maximum absolute atomic E-state index is 12.6. The van der Waals surface area contributed by atoms with Crippen LogP contribution in [0.25, 0.3) is 11.2 Å². The molecule has 170 valence electrons. The van der Waals surface area contributed by atoms with Gasteiger partial charge in [-0.3, -0.25) is 13.9 Å². The van der Waals surface area contributed by atoms with E-state index in [1.165, 1.54) is 55.8 Å². The fourth-order valence-electron chi connectivity index (χ4n) is 3.28. The van der Waals surface area contributed by atoms with Crippen LogP contribution in [0.3, 0.4) is 0 Å². The summed E-state index contributed by atoms with van der Waals surface area (Å²) in [5.74, 6) is -0.874. The molecule has 0 aliphatic heterocycles. The lowest BCUT2D eigenvalue weighted by Gasteiger charge is -2.12. The quantitative estimate of drug-likeness (QED) is 0.308. The zero-order chi connectivity index (χ0) is 23.6. The average Bonchev–Trinajstić information content (AvgIpc) is 3.14. The highest BCUT2D eigenvalue weighted by molar-refractivity contribution is 6.02. The Morgan fingerprint density at radius 3 is 2.53 bits per heavy atom. The highest BCUT2D eigenvalue weighted by Crippen LogP contribution is 2.33. The molecule has 13 nitrogen and oxygen atoms in total. The fraction of sp³-hybridized carbons (Fsp3) is 0.316. The predicted octanol–water partition coefficient (Wildman–Crippen LogP) is -0.413. The minimum Gasteiger partial charge on any atom is -0.493 e. The van der Waals surface area contributed by atoms with Crippen molar-refractivity contribution >= 4 is 29.3 Å². The van der Waals surface area contributed by atoms with Gasteiger partial charge in [0.05, 0.1) is 27.0 Å². The highest BCUT2D eigenvalue weighted by Gasteiger charge is 2.21. The van der Waals surface area contributed by atoms with Gasteiger partial charge in [0.15, 0.2) is 22.7 Å². The van der Waals surface area contributed by atoms with Crippen LogP contribution >= 0.6 is 0 Å². The monoisotopic (exact) mass is 446 g/mol. The fourth-order valence-corrected chi connectivity index (χ4v) is 3.28. The van der Waals surface area contributed by atoms with Crippen molar-refractivity contribution in [2.24, 2.45) is 19.2 Å². The molecule has 1 aromatic carbocycles. The third-order valence-electron chi connectivity index (χ3n) is 4.83. The van der Waals surface area contributed by atoms with Gasteiger partial charge in [-0.1, -0.05) is 0 Å². The highest BCUT2D eigenvalue weighted by atomic mass is 16.5. The molecule has 0 atom stereocenters. The van der Waals surface area contributed by atoms with Crippen molar-refractivity contribution < 1.29 is 24.5 Å². The number of ether oxygens (including phenoxy) is 2. The standard InChI is InChI=1S/C19H22N6O7/c1-23-15-13(16(27)24(2)19(23)30)25(7-8-26)18(21-15)22-20-9-10-5-6-11(31-3)14(32-4)12(10)17(28)29/h5-6,9,26H,7-8H2,1-4H3,(H,21,22)(H,28,29)/b20-9+. The number of aliphatic hydroxyl groups is 1. The summed E-state index contributed by atoms with van der Waals surface area (Å²) in [7, 11) is 5.53. The van der Waals surface area contributed by atoms with Gasteiger partial charge in [-0.15, -0.1) is 0 Å². The van der Waals surface area contributed by atoms with Gasteiger partial charge in [-0.25, -0.2) is 15.0 Å². The summed E-state index contributed by atoms with van der Waals surface area (Å²) in [5, 5.41) is 23.1. The summed E-state index contributed by atoms with van der Waals surface area (Å²) in [4.78, 5) is 40.8. The van der Waals surface area contributed by atoms with Crippen molar-refractivity contribution in [2.75, 3.05) is 26.3 Å². The molecular formula is C19H22N6O7. The summed E-state index contributed by atoms with van der Waals surface area (Å²) in [6, 6.07) is 3.03. The predicted molar refractivity (Wildman–Crippen MR) is 115 cm³/mol. The van der Waals surface area contributed by atoms with Crippen LogP contribution in [0.4, 0.5) is 5.95 Å². The number of hydrogen-bond acceptors (Lipinski definition) is 9. The van der Waals surface area contributed by atoms with E-state index in [1.54, 1.807) is 0 Å². The topological polar surface area (TPSA) is 162 Å². The smallest absolute Gasteiger partial charge is 0.340 e. The van der Waals surface area contributed by atoms with E-state index in [1.807, 2.05) is 0 Å². The molecule has 0 aliphatic carbocycles. The van der Waals surface area contributed by atoms with Crippen molar-refractivity contribution in [3.63, 3.8) is 0 Å². The molecule has 0 radical (unpaired) electrons. The van der Waals surface area contributed by atoms with E-state index in [0.29, 0.717) is 0 Å². The number of nitrogens with zero attached hydrogens (tertiary/aromatic N) is 5. The van der Waals surface area contributed by atoms with Crippen LogP contribution in [0.1, 0.15) is 15.9 Å². The summed E-state index contributed by atoms with van der Waals surface area (Å²) in [6.07, 6.45) is 1.24. The maximum Gasteiger partial charge on any atom is 0.340 e. The Hall–Kier alpha value is -4.13. The van der Waals surface area contributed by atoms with E-state index in [2.05, 4.69) is 15.5 Å². The van der Waals surface area contributed by atoms with Crippen LogP contribution in [0.5, 0.6) is 11.5 Å². The molecule has 3 rings (SSSR count). The van der Waals surface area contributed by atoms with Gasteiger partial charge in [0.2, 0.25) is 5.95 Å². The summed E-state index contributed by atoms with van der Waals surface area (Å²) >= 11 is 0. The molecule has 2 heterocycles. The Balaban J connectivity index is 2.09. The summed E-state index contributed by atoms with van der Waals surface area (Å²) < 4.78 is 13.8. The third-order valence-corrected chi connectivity index (χ3v) is 4.83. The first-order valence-electron chi connectivity index (χ1n) is 9.31. The number of aryl methyl sites for hydroxylation is 1. The lowest BCUT2D eigenvalue weighted by molar-refractivity contribution is 0.0692. The molecule has 0 fully saturated rings. The van der Waals surface area contributed by atoms with Crippen LogP contribution in [-0.2, 0) is 20.6 Å². The van der Waals surface area contributed by atoms with Crippen molar-refractivity contribution in [2.45, 2.75) is 6.54 Å². The summed E-state index contributed by atoms with van der Waals surface area (Å²) in [5.41, 5.74) is 1.80. The van der Waals surface area contributed by atoms with Gasteiger partial charge in [-0.2, -0.15) is 10.1 Å². The van der Waals surface area contributed by atoms with Gasteiger partial charge in [0, 0.05) is 26.2 Å². The second-order valence-corrected chi connectivity index (χ2v) is 6.63. The van der Waals surface area contributed by atoms with Crippen molar-refractivity contribution in [3.8, 4) is 11.5 Å². The molecule has 0 unspecified atom stereocenters. The van der Waals surface area contributed by atoms with Crippen LogP contribution < -0.4 is 26.1 Å². The lowest BCUT2D eigenvalue weighted by atomic mass is 10.1. The first-order chi connectivity index (χ1) is 15.3. The molecule has 3 N–H and O–H groups in total. The van der Waals surface area contributed by atoms with Crippen LogP contribution in [0.15, 0.2) is 26.8 Å². The number of aliphatic hydroxyl groups excluding tert-OH is 1. The van der Waals surface area contributed by atoms with Gasteiger partial charge >= 0.3 is 11.7 Å². The lowest BCUT2D eigenvalue weighted by Crippen LogP contribution is -2.37. The number of carboxylic acids is 1. The number of methoxy groups -OCH3 is 2. The van der Waals surface area contributed by atoms with Crippen LogP contribution in [0, 0.1) is 0 Å². The van der Waals surface area contributed by atoms with E-state index in [9.17, 15) is 24.6 Å². The number of rotatable bonds is 8. The molecule has 0 amide bonds. The summed E-state index contributed by atoms with van der Waals surface area (Å²) in [6.45, 7) is -0.285. The number of benzene rings is 1. The first-order valence-corrected chi connectivity index (χ1v) is 9.31. The Labute approximate surface area is 180 Å². The molecule has 0 saturated carbocycles. The number of nitrogens with one attached hydrogen (secondary N) is 1. The Kier molecular flexibility index (Phi) is 6.30. The van der Waals surface area contributed by atoms with Gasteiger partial charge < -0.3 is 24.3 Å². The molecule has 32 heavy (non-hydrogen) atoms. The number of aromatic nitrogens is 4. The number of carboxylic acid groups (broad SMARTS) is 1. The zero-order valence-electron chi connectivity index (χ0n) is 17.8. The number of fused-ring (bicyclic) bond motifs is 1. The Morgan fingerprint density at radius 1 is 1.22 bits per heavy atom. The first kappa shape index (κ1) is 22.6. The van der Waals surface area contributed by atoms with E-state index < -0.39 is 17.2 Å². The number of anilines is 1. The maximum atomic E-state index is 12.6. The number of imidazole rings is 1. The largest absolute Gasteiger partial charge is 0.493 e. The Morgan fingerprint density at radius 2 is 1.94 bits per heavy atom. The van der Waals surface area contributed by atoms with E-state index in [4.69, 9.17) is 9.47 Å². The van der Waals surface area contributed by atoms with Gasteiger partial charge in [0.1, 0.15) is 5.56 Å². The zero-order valence-corrected chi connectivity index (χ0v) is 17.8. The van der Waals surface area contributed by atoms with E-state index in [-0.39, 0.29) is 52.9 Å². The van der Waals surface area contributed by atoms with Crippen molar-refractivity contribution in [1.29, 1.82) is 0 Å². The normalized spacial score (nSPS) is 11.3. The SMILES string of the molecule is COc1ccc(/C=N/Nc2nc3c(c(=O)n(C)c(=O)n3C)n2CCO)c(C(=O)O)c1OC. The molecule has 0 spiro atoms. The molecule has 0 bridgehead atoms. The second-order valence-electron chi connectivity index (χ2n) is 6.63. The molecule has 2 aromatic heterocycles. The third kappa shape index (κ3) is 3.69. The van der Waals surface area contributed by atoms with E-state index >= 15 is 0 Å². The second kappa shape index (κ2) is 8.93. The van der Waals surface area contributed by atoms with Crippen molar-refractivity contribution in [3.05, 3.63) is 44.1 Å².